The van der Waals surface area contributed by atoms with Gasteiger partial charge in [0.2, 0.25) is 0 Å². The minimum atomic E-state index is 1.05. The second kappa shape index (κ2) is 4.18. The lowest BCUT2D eigenvalue weighted by Crippen LogP contribution is -1.86. The Kier molecular flexibility index (Phi) is 2.72. The summed E-state index contributed by atoms with van der Waals surface area (Å²) in [5.41, 5.74) is 4.64. The van der Waals surface area contributed by atoms with Gasteiger partial charge in [-0.1, -0.05) is 36.4 Å². The Bertz CT molecular complexity index is 426. The summed E-state index contributed by atoms with van der Waals surface area (Å²) in [5.74, 6) is 0. The normalized spacial score (nSPS) is 10.0. The molecule has 0 spiro atoms. The molecule has 2 rings (SSSR count). The third kappa shape index (κ3) is 2.18. The van der Waals surface area contributed by atoms with Crippen LogP contribution in [0.5, 0.6) is 0 Å². The summed E-state index contributed by atoms with van der Waals surface area (Å²) in [4.78, 5) is 0. The van der Waals surface area contributed by atoms with Crippen molar-refractivity contribution in [3.63, 3.8) is 0 Å². The van der Waals surface area contributed by atoms with Crippen LogP contribution in [0.3, 0.4) is 0 Å². The van der Waals surface area contributed by atoms with Gasteiger partial charge in [0.05, 0.1) is 0 Å². The smallest absolute Gasteiger partial charge is 0.0337 e. The maximum atomic E-state index is 3.87. The molecule has 0 aliphatic heterocycles. The molecule has 2 aromatic carbocycles. The predicted octanol–water partition coefficient (Wildman–Crippen LogP) is 3.58. The number of anilines is 1. The molecule has 0 heterocycles. The highest BCUT2D eigenvalue weighted by Crippen LogP contribution is 2.21. The van der Waals surface area contributed by atoms with Gasteiger partial charge in [-0.15, -0.1) is 0 Å². The van der Waals surface area contributed by atoms with Crippen molar-refractivity contribution in [2.45, 2.75) is 0 Å². The molecule has 0 bridgehead atoms. The van der Waals surface area contributed by atoms with Crippen LogP contribution >= 0.6 is 0 Å². The molecule has 0 amide bonds. The molecule has 15 heavy (non-hydrogen) atoms. The van der Waals surface area contributed by atoms with Gasteiger partial charge in [-0.3, -0.25) is 0 Å². The lowest BCUT2D eigenvalue weighted by molar-refractivity contribution is 1.50. The first-order valence-corrected chi connectivity index (χ1v) is 5.00. The van der Waals surface area contributed by atoms with Crippen LogP contribution in [0.1, 0.15) is 5.56 Å². The zero-order valence-corrected chi connectivity index (χ0v) is 8.83. The number of hydrogen-bond acceptors (Lipinski definition) is 1. The Morgan fingerprint density at radius 2 is 1.27 bits per heavy atom. The van der Waals surface area contributed by atoms with Crippen molar-refractivity contribution in [3.8, 4) is 11.1 Å². The number of nitrogens with one attached hydrogen (secondary N) is 1. The molecule has 1 radical (unpaired) electrons. The van der Waals surface area contributed by atoms with Crippen LogP contribution in [0, 0.1) is 6.92 Å². The van der Waals surface area contributed by atoms with E-state index < -0.39 is 0 Å². The van der Waals surface area contributed by atoms with E-state index in [4.69, 9.17) is 0 Å². The van der Waals surface area contributed by atoms with Crippen LogP contribution in [0.4, 0.5) is 5.69 Å². The van der Waals surface area contributed by atoms with E-state index in [-0.39, 0.29) is 0 Å². The molecule has 1 nitrogen and oxygen atoms in total. The molecule has 0 aromatic heterocycles. The highest BCUT2D eigenvalue weighted by molar-refractivity contribution is 5.66. The number of rotatable bonds is 2. The average molecular weight is 196 g/mol. The minimum absolute atomic E-state index is 1.05. The number of benzene rings is 2. The standard InChI is InChI=1S/C14H14N/c1-11-3-5-12(6-4-11)13-7-9-14(15-2)10-8-13/h3-10,15H,1H2,2H3. The SMILES string of the molecule is [CH2]c1ccc(-c2ccc(NC)cc2)cc1. The van der Waals surface area contributed by atoms with Crippen LogP contribution in [0.2, 0.25) is 0 Å². The third-order valence-electron chi connectivity index (χ3n) is 2.46. The Balaban J connectivity index is 2.33. The van der Waals surface area contributed by atoms with Crippen LogP contribution in [-0.2, 0) is 0 Å². The molecule has 75 valence electrons. The Morgan fingerprint density at radius 3 is 1.73 bits per heavy atom. The quantitative estimate of drug-likeness (QED) is 0.774. The maximum absolute atomic E-state index is 3.87. The van der Waals surface area contributed by atoms with Crippen molar-refractivity contribution in [2.24, 2.45) is 0 Å². The first kappa shape index (κ1) is 9.78. The molecule has 0 saturated carbocycles. The molecular weight excluding hydrogens is 182 g/mol. The maximum Gasteiger partial charge on any atom is 0.0337 e. The van der Waals surface area contributed by atoms with Crippen LogP contribution in [0.25, 0.3) is 11.1 Å². The molecule has 1 N–H and O–H groups in total. The zero-order valence-electron chi connectivity index (χ0n) is 8.83. The molecule has 0 fully saturated rings. The summed E-state index contributed by atoms with van der Waals surface area (Å²) in [7, 11) is 1.92. The van der Waals surface area contributed by atoms with E-state index in [0.717, 1.165) is 11.3 Å². The van der Waals surface area contributed by atoms with Crippen molar-refractivity contribution in [1.29, 1.82) is 0 Å². The average Bonchev–Trinajstić information content (AvgIpc) is 2.30. The van der Waals surface area contributed by atoms with Crippen molar-refractivity contribution in [2.75, 3.05) is 12.4 Å². The van der Waals surface area contributed by atoms with Gasteiger partial charge in [0.1, 0.15) is 0 Å². The first-order valence-electron chi connectivity index (χ1n) is 5.00. The fourth-order valence-corrected chi connectivity index (χ4v) is 1.53. The summed E-state index contributed by atoms with van der Waals surface area (Å²) in [6.45, 7) is 3.87. The van der Waals surface area contributed by atoms with Crippen molar-refractivity contribution in [1.82, 2.24) is 0 Å². The van der Waals surface area contributed by atoms with E-state index in [1.54, 1.807) is 0 Å². The van der Waals surface area contributed by atoms with Gasteiger partial charge in [-0.05, 0) is 35.7 Å². The Hall–Kier alpha value is -1.76. The summed E-state index contributed by atoms with van der Waals surface area (Å²) >= 11 is 0. The largest absolute Gasteiger partial charge is 0.388 e. The summed E-state index contributed by atoms with van der Waals surface area (Å²) in [6.07, 6.45) is 0. The topological polar surface area (TPSA) is 12.0 Å². The summed E-state index contributed by atoms with van der Waals surface area (Å²) in [6, 6.07) is 16.6. The second-order valence-electron chi connectivity index (χ2n) is 3.52. The zero-order chi connectivity index (χ0) is 10.7. The van der Waals surface area contributed by atoms with Gasteiger partial charge in [-0.2, -0.15) is 0 Å². The van der Waals surface area contributed by atoms with E-state index in [0.29, 0.717) is 0 Å². The lowest BCUT2D eigenvalue weighted by Gasteiger charge is -2.04. The predicted molar refractivity (Wildman–Crippen MR) is 65.9 cm³/mol. The fourth-order valence-electron chi connectivity index (χ4n) is 1.53. The number of hydrogen-bond donors (Lipinski definition) is 1. The Labute approximate surface area is 90.8 Å². The molecule has 0 unspecified atom stereocenters. The highest BCUT2D eigenvalue weighted by Gasteiger charge is 1.96. The molecule has 0 aliphatic carbocycles. The van der Waals surface area contributed by atoms with Crippen LogP contribution in [-0.4, -0.2) is 7.05 Å². The van der Waals surface area contributed by atoms with E-state index in [1.165, 1.54) is 11.1 Å². The van der Waals surface area contributed by atoms with Crippen molar-refractivity contribution < 1.29 is 0 Å². The van der Waals surface area contributed by atoms with Gasteiger partial charge in [0, 0.05) is 12.7 Å². The minimum Gasteiger partial charge on any atom is -0.388 e. The summed E-state index contributed by atoms with van der Waals surface area (Å²) in [5, 5.41) is 3.10. The molecule has 0 atom stereocenters. The lowest BCUT2D eigenvalue weighted by atomic mass is 10.0. The van der Waals surface area contributed by atoms with Gasteiger partial charge >= 0.3 is 0 Å². The highest BCUT2D eigenvalue weighted by atomic mass is 14.8. The molecule has 2 aromatic rings. The van der Waals surface area contributed by atoms with E-state index in [2.05, 4.69) is 48.6 Å². The van der Waals surface area contributed by atoms with E-state index in [9.17, 15) is 0 Å². The second-order valence-corrected chi connectivity index (χ2v) is 3.52. The van der Waals surface area contributed by atoms with Gasteiger partial charge < -0.3 is 5.32 Å². The van der Waals surface area contributed by atoms with Crippen LogP contribution in [0.15, 0.2) is 48.5 Å². The van der Waals surface area contributed by atoms with Crippen LogP contribution < -0.4 is 5.32 Å². The van der Waals surface area contributed by atoms with Gasteiger partial charge in [0.25, 0.3) is 0 Å². The molecule has 1 heteroatoms. The van der Waals surface area contributed by atoms with Crippen molar-refractivity contribution in [3.05, 3.63) is 61.0 Å². The molecule has 0 aliphatic rings. The van der Waals surface area contributed by atoms with Gasteiger partial charge in [-0.25, -0.2) is 0 Å². The Morgan fingerprint density at radius 1 is 0.800 bits per heavy atom. The van der Waals surface area contributed by atoms with E-state index in [1.807, 2.05) is 19.2 Å². The van der Waals surface area contributed by atoms with Crippen molar-refractivity contribution >= 4 is 5.69 Å². The molecular formula is C14H14N. The fraction of sp³-hybridized carbons (Fsp3) is 0.0714. The monoisotopic (exact) mass is 196 g/mol. The summed E-state index contributed by atoms with van der Waals surface area (Å²) < 4.78 is 0. The third-order valence-corrected chi connectivity index (χ3v) is 2.46. The van der Waals surface area contributed by atoms with Gasteiger partial charge in [0.15, 0.2) is 0 Å². The molecule has 0 saturated heterocycles. The van der Waals surface area contributed by atoms with E-state index >= 15 is 0 Å². The first-order chi connectivity index (χ1) is 7.29.